The van der Waals surface area contributed by atoms with Gasteiger partial charge in [0, 0.05) is 4.91 Å². The molecule has 0 amide bonds. The van der Waals surface area contributed by atoms with Gasteiger partial charge < -0.3 is 0 Å². The van der Waals surface area contributed by atoms with Crippen molar-refractivity contribution in [3.63, 3.8) is 0 Å². The number of rotatable bonds is 4. The first-order valence-electron chi connectivity index (χ1n) is 3.47. The highest BCUT2D eigenvalue weighted by Gasteiger charge is 1.96. The van der Waals surface area contributed by atoms with Crippen molar-refractivity contribution in [3.8, 4) is 0 Å². The van der Waals surface area contributed by atoms with E-state index in [0.717, 1.165) is 28.9 Å². The van der Waals surface area contributed by atoms with E-state index < -0.39 is 0 Å². The van der Waals surface area contributed by atoms with Crippen LogP contribution in [-0.4, -0.2) is 12.0 Å². The first kappa shape index (κ1) is 9.76. The third kappa shape index (κ3) is 3.72. The van der Waals surface area contributed by atoms with Gasteiger partial charge in [-0.05, 0) is 26.0 Å². The Labute approximate surface area is 66.9 Å². The van der Waals surface area contributed by atoms with Crippen LogP contribution in [-0.2, 0) is 4.79 Å². The highest BCUT2D eigenvalue weighted by Crippen LogP contribution is 2.17. The van der Waals surface area contributed by atoms with Gasteiger partial charge in [0.2, 0.25) is 0 Å². The van der Waals surface area contributed by atoms with Crippen LogP contribution in [0.25, 0.3) is 0 Å². The second-order valence-electron chi connectivity index (χ2n) is 2.33. The van der Waals surface area contributed by atoms with Crippen molar-refractivity contribution in [2.75, 3.05) is 5.75 Å². The Morgan fingerprint density at radius 2 is 2.10 bits per heavy atom. The molecule has 0 saturated heterocycles. The zero-order valence-electron chi connectivity index (χ0n) is 6.81. The van der Waals surface area contributed by atoms with E-state index in [-0.39, 0.29) is 0 Å². The summed E-state index contributed by atoms with van der Waals surface area (Å²) in [5.41, 5.74) is 1.12. The maximum Gasteiger partial charge on any atom is 0.156 e. The monoisotopic (exact) mass is 158 g/mol. The van der Waals surface area contributed by atoms with Crippen LogP contribution in [0.15, 0.2) is 10.5 Å². The molecule has 0 aromatic rings. The molecule has 0 heterocycles. The summed E-state index contributed by atoms with van der Waals surface area (Å²) in [6.45, 7) is 6.04. The number of carbonyl (C=O) groups is 1. The van der Waals surface area contributed by atoms with Crippen molar-refractivity contribution >= 4 is 18.0 Å². The number of hydrogen-bond acceptors (Lipinski definition) is 2. The summed E-state index contributed by atoms with van der Waals surface area (Å²) in [5.74, 6) is 1.04. The molecule has 0 aromatic heterocycles. The van der Waals surface area contributed by atoms with Gasteiger partial charge in [0.05, 0.1) is 0 Å². The number of thioether (sulfide) groups is 1. The third-order valence-corrected chi connectivity index (χ3v) is 2.49. The Balaban J connectivity index is 3.85. The van der Waals surface area contributed by atoms with Gasteiger partial charge in [0.25, 0.3) is 0 Å². The van der Waals surface area contributed by atoms with E-state index in [1.54, 1.807) is 11.8 Å². The van der Waals surface area contributed by atoms with Crippen LogP contribution in [0.4, 0.5) is 0 Å². The van der Waals surface area contributed by atoms with Crippen molar-refractivity contribution < 1.29 is 4.79 Å². The normalized spacial score (nSPS) is 9.10. The molecule has 0 unspecified atom stereocenters. The fourth-order valence-electron chi connectivity index (χ4n) is 0.508. The summed E-state index contributed by atoms with van der Waals surface area (Å²) in [4.78, 5) is 11.3. The molecule has 0 aromatic carbocycles. The van der Waals surface area contributed by atoms with Crippen LogP contribution >= 0.6 is 11.8 Å². The quantitative estimate of drug-likeness (QED) is 0.462. The smallest absolute Gasteiger partial charge is 0.156 e. The Morgan fingerprint density at radius 1 is 1.50 bits per heavy atom. The molecule has 58 valence electrons. The molecular weight excluding hydrogens is 144 g/mol. The van der Waals surface area contributed by atoms with Gasteiger partial charge in [-0.1, -0.05) is 12.5 Å². The first-order valence-corrected chi connectivity index (χ1v) is 4.46. The van der Waals surface area contributed by atoms with Crippen molar-refractivity contribution in [2.45, 2.75) is 27.2 Å². The largest absolute Gasteiger partial charge is 0.297 e. The minimum absolute atomic E-state index is 0.891. The molecule has 10 heavy (non-hydrogen) atoms. The van der Waals surface area contributed by atoms with E-state index in [2.05, 4.69) is 6.92 Å². The second-order valence-corrected chi connectivity index (χ2v) is 3.47. The van der Waals surface area contributed by atoms with Gasteiger partial charge in [0.15, 0.2) is 6.29 Å². The predicted molar refractivity (Wildman–Crippen MR) is 47.2 cm³/mol. The van der Waals surface area contributed by atoms with Gasteiger partial charge in [-0.2, -0.15) is 0 Å². The van der Waals surface area contributed by atoms with E-state index in [1.807, 2.05) is 13.8 Å². The Hall–Kier alpha value is -0.240. The van der Waals surface area contributed by atoms with E-state index in [0.29, 0.717) is 0 Å². The maximum absolute atomic E-state index is 10.4. The van der Waals surface area contributed by atoms with E-state index >= 15 is 0 Å². The average molecular weight is 158 g/mol. The molecule has 2 heteroatoms. The Kier molecular flexibility index (Phi) is 5.40. The van der Waals surface area contributed by atoms with Crippen LogP contribution < -0.4 is 0 Å². The lowest BCUT2D eigenvalue weighted by atomic mass is 10.3. The van der Waals surface area contributed by atoms with Crippen molar-refractivity contribution in [3.05, 3.63) is 10.5 Å². The number of hydrogen-bond donors (Lipinski definition) is 0. The zero-order valence-corrected chi connectivity index (χ0v) is 7.62. The highest BCUT2D eigenvalue weighted by molar-refractivity contribution is 8.03. The summed E-state index contributed by atoms with van der Waals surface area (Å²) < 4.78 is 0. The van der Waals surface area contributed by atoms with Gasteiger partial charge in [-0.15, -0.1) is 11.8 Å². The molecule has 0 saturated carbocycles. The van der Waals surface area contributed by atoms with Crippen molar-refractivity contribution in [1.29, 1.82) is 0 Å². The van der Waals surface area contributed by atoms with Gasteiger partial charge >= 0.3 is 0 Å². The van der Waals surface area contributed by atoms with Crippen molar-refractivity contribution in [1.82, 2.24) is 0 Å². The molecular formula is C8H14OS. The molecule has 1 nitrogen and oxygen atoms in total. The summed E-state index contributed by atoms with van der Waals surface area (Å²) >= 11 is 1.64. The molecule has 0 fully saturated rings. The molecule has 0 N–H and O–H groups in total. The summed E-state index contributed by atoms with van der Waals surface area (Å²) in [5, 5.41) is 0. The SMILES string of the molecule is CCCSC(C=O)=C(C)C. The third-order valence-electron chi connectivity index (χ3n) is 1.06. The zero-order chi connectivity index (χ0) is 7.98. The van der Waals surface area contributed by atoms with Gasteiger partial charge in [-0.3, -0.25) is 4.79 Å². The topological polar surface area (TPSA) is 17.1 Å². The van der Waals surface area contributed by atoms with Gasteiger partial charge in [-0.25, -0.2) is 0 Å². The molecule has 0 aliphatic rings. The number of carbonyl (C=O) groups excluding carboxylic acids is 1. The fraction of sp³-hybridized carbons (Fsp3) is 0.625. The summed E-state index contributed by atoms with van der Waals surface area (Å²) in [6.07, 6.45) is 2.06. The Bertz CT molecular complexity index is 134. The van der Waals surface area contributed by atoms with Crippen LogP contribution in [0, 0.1) is 0 Å². The highest BCUT2D eigenvalue weighted by atomic mass is 32.2. The summed E-state index contributed by atoms with van der Waals surface area (Å²) in [7, 11) is 0. The predicted octanol–water partition coefficient (Wildman–Crippen LogP) is 2.62. The fourth-order valence-corrected chi connectivity index (χ4v) is 1.29. The molecule has 0 radical (unpaired) electrons. The second kappa shape index (κ2) is 5.54. The number of aldehydes is 1. The summed E-state index contributed by atoms with van der Waals surface area (Å²) in [6, 6.07) is 0. The van der Waals surface area contributed by atoms with Crippen LogP contribution in [0.5, 0.6) is 0 Å². The standard InChI is InChI=1S/C8H14OS/c1-4-5-10-8(6-9)7(2)3/h6H,4-5H2,1-3H3. The average Bonchev–Trinajstić information content (AvgIpc) is 1.89. The lowest BCUT2D eigenvalue weighted by Gasteiger charge is -1.98. The molecule has 0 spiro atoms. The molecule has 0 aliphatic heterocycles. The Morgan fingerprint density at radius 3 is 2.40 bits per heavy atom. The molecule has 0 atom stereocenters. The van der Waals surface area contributed by atoms with Crippen molar-refractivity contribution in [2.24, 2.45) is 0 Å². The molecule has 0 rings (SSSR count). The number of allylic oxidation sites excluding steroid dienone is 2. The van der Waals surface area contributed by atoms with E-state index in [9.17, 15) is 4.79 Å². The van der Waals surface area contributed by atoms with E-state index in [1.165, 1.54) is 0 Å². The first-order chi connectivity index (χ1) is 4.72. The molecule has 0 bridgehead atoms. The lowest BCUT2D eigenvalue weighted by Crippen LogP contribution is -1.84. The molecule has 0 aliphatic carbocycles. The maximum atomic E-state index is 10.4. The minimum Gasteiger partial charge on any atom is -0.297 e. The minimum atomic E-state index is 0.891. The van der Waals surface area contributed by atoms with E-state index in [4.69, 9.17) is 0 Å². The lowest BCUT2D eigenvalue weighted by molar-refractivity contribution is -0.104. The van der Waals surface area contributed by atoms with Gasteiger partial charge in [0.1, 0.15) is 0 Å². The van der Waals surface area contributed by atoms with Crippen LogP contribution in [0.2, 0.25) is 0 Å². The van der Waals surface area contributed by atoms with Crippen LogP contribution in [0.1, 0.15) is 27.2 Å². The van der Waals surface area contributed by atoms with Crippen LogP contribution in [0.3, 0.4) is 0 Å².